The zero-order valence-corrected chi connectivity index (χ0v) is 17.1. The van der Waals surface area contributed by atoms with E-state index < -0.39 is 0 Å². The minimum Gasteiger partial charge on any atom is -0.466 e. The maximum absolute atomic E-state index is 13.2. The van der Waals surface area contributed by atoms with E-state index in [1.807, 2.05) is 0 Å². The molecule has 1 aliphatic rings. The van der Waals surface area contributed by atoms with Crippen molar-refractivity contribution in [2.75, 3.05) is 33.4 Å². The van der Waals surface area contributed by atoms with Crippen LogP contribution in [0.4, 0.5) is 0 Å². The van der Waals surface area contributed by atoms with Gasteiger partial charge in [0.05, 0.1) is 18.1 Å². The van der Waals surface area contributed by atoms with Gasteiger partial charge in [0.15, 0.2) is 0 Å². The summed E-state index contributed by atoms with van der Waals surface area (Å²) in [7, 11) is 1.60. The van der Waals surface area contributed by atoms with Crippen molar-refractivity contribution < 1.29 is 23.5 Å². The highest BCUT2D eigenvalue weighted by molar-refractivity contribution is 6.06. The SMILES string of the molecule is CCOC(=O)C1CCN(C(=O)c2c(C)oc3ncn(CCCOC)c(=O)c23)CC1. The summed E-state index contributed by atoms with van der Waals surface area (Å²) in [5.41, 5.74) is 0.126. The molecule has 0 bridgehead atoms. The quantitative estimate of drug-likeness (QED) is 0.510. The van der Waals surface area contributed by atoms with Crippen LogP contribution in [0.5, 0.6) is 0 Å². The van der Waals surface area contributed by atoms with Crippen molar-refractivity contribution in [3.05, 3.63) is 28.0 Å². The number of furan rings is 1. The number of esters is 1. The molecular formula is C20H27N3O6. The van der Waals surface area contributed by atoms with E-state index >= 15 is 0 Å². The van der Waals surface area contributed by atoms with Crippen LogP contribution < -0.4 is 5.56 Å². The standard InChI is InChI=1S/C20H27N3O6/c1-4-28-20(26)14-6-9-22(10-7-14)18(24)15-13(2)29-17-16(15)19(25)23(12-21-17)8-5-11-27-3/h12,14H,4-11H2,1-3H3. The lowest BCUT2D eigenvalue weighted by Crippen LogP contribution is -2.41. The molecule has 2 aromatic heterocycles. The lowest BCUT2D eigenvalue weighted by atomic mass is 9.96. The van der Waals surface area contributed by atoms with Crippen LogP contribution in [0.3, 0.4) is 0 Å². The minimum atomic E-state index is -0.298. The molecule has 3 rings (SSSR count). The number of methoxy groups -OCH3 is 1. The molecular weight excluding hydrogens is 378 g/mol. The van der Waals surface area contributed by atoms with E-state index in [0.29, 0.717) is 57.9 Å². The predicted molar refractivity (Wildman–Crippen MR) is 105 cm³/mol. The van der Waals surface area contributed by atoms with Crippen molar-refractivity contribution in [1.82, 2.24) is 14.5 Å². The van der Waals surface area contributed by atoms with E-state index in [1.165, 1.54) is 10.9 Å². The van der Waals surface area contributed by atoms with Crippen LogP contribution in [-0.4, -0.2) is 59.7 Å². The molecule has 0 saturated carbocycles. The lowest BCUT2D eigenvalue weighted by Gasteiger charge is -2.30. The van der Waals surface area contributed by atoms with E-state index in [4.69, 9.17) is 13.9 Å². The summed E-state index contributed by atoms with van der Waals surface area (Å²) in [5, 5.41) is 0.208. The number of amides is 1. The molecule has 1 amide bonds. The van der Waals surface area contributed by atoms with E-state index in [-0.39, 0.29) is 40.0 Å². The number of nitrogens with zero attached hydrogens (tertiary/aromatic N) is 3. The van der Waals surface area contributed by atoms with Crippen LogP contribution in [-0.2, 0) is 20.8 Å². The topological polar surface area (TPSA) is 104 Å². The minimum absolute atomic E-state index is 0.167. The predicted octanol–water partition coefficient (Wildman–Crippen LogP) is 1.75. The first-order valence-corrected chi connectivity index (χ1v) is 9.91. The molecule has 0 atom stereocenters. The van der Waals surface area contributed by atoms with Crippen LogP contribution in [0.15, 0.2) is 15.5 Å². The second-order valence-corrected chi connectivity index (χ2v) is 7.12. The summed E-state index contributed by atoms with van der Waals surface area (Å²) in [6.45, 7) is 5.61. The molecule has 2 aromatic rings. The van der Waals surface area contributed by atoms with Gasteiger partial charge in [-0.05, 0) is 33.1 Å². The first kappa shape index (κ1) is 21.0. The van der Waals surface area contributed by atoms with Gasteiger partial charge in [-0.25, -0.2) is 4.98 Å². The maximum atomic E-state index is 13.2. The van der Waals surface area contributed by atoms with Crippen molar-refractivity contribution in [1.29, 1.82) is 0 Å². The summed E-state index contributed by atoms with van der Waals surface area (Å²) >= 11 is 0. The molecule has 1 saturated heterocycles. The molecule has 0 spiro atoms. The first-order chi connectivity index (χ1) is 14.0. The lowest BCUT2D eigenvalue weighted by molar-refractivity contribution is -0.149. The highest BCUT2D eigenvalue weighted by Crippen LogP contribution is 2.26. The summed E-state index contributed by atoms with van der Waals surface area (Å²) in [6.07, 6.45) is 3.17. The summed E-state index contributed by atoms with van der Waals surface area (Å²) in [6, 6.07) is 0. The fourth-order valence-corrected chi connectivity index (χ4v) is 3.67. The zero-order valence-electron chi connectivity index (χ0n) is 17.1. The maximum Gasteiger partial charge on any atom is 0.309 e. The average Bonchev–Trinajstić information content (AvgIpc) is 3.06. The Morgan fingerprint density at radius 1 is 1.31 bits per heavy atom. The van der Waals surface area contributed by atoms with Gasteiger partial charge in [0.25, 0.3) is 11.5 Å². The Hall–Kier alpha value is -2.68. The monoisotopic (exact) mass is 405 g/mol. The number of ether oxygens (including phenoxy) is 2. The molecule has 9 heteroatoms. The number of hydrogen-bond acceptors (Lipinski definition) is 7. The molecule has 0 aromatic carbocycles. The van der Waals surface area contributed by atoms with Gasteiger partial charge >= 0.3 is 5.97 Å². The summed E-state index contributed by atoms with van der Waals surface area (Å²) < 4.78 is 17.2. The molecule has 3 heterocycles. The van der Waals surface area contributed by atoms with Gasteiger partial charge < -0.3 is 18.8 Å². The Morgan fingerprint density at radius 3 is 2.69 bits per heavy atom. The van der Waals surface area contributed by atoms with Gasteiger partial charge in [0.1, 0.15) is 17.5 Å². The third-order valence-electron chi connectivity index (χ3n) is 5.22. The summed E-state index contributed by atoms with van der Waals surface area (Å²) in [5.74, 6) is -0.303. The van der Waals surface area contributed by atoms with Crippen LogP contribution in [0.1, 0.15) is 42.3 Å². The highest BCUT2D eigenvalue weighted by atomic mass is 16.5. The number of likely N-dealkylation sites (tertiary alicyclic amines) is 1. The van der Waals surface area contributed by atoms with Crippen molar-refractivity contribution in [2.45, 2.75) is 39.7 Å². The molecule has 158 valence electrons. The Labute approximate surface area is 168 Å². The smallest absolute Gasteiger partial charge is 0.309 e. The van der Waals surface area contributed by atoms with E-state index in [2.05, 4.69) is 4.98 Å². The number of carbonyl (C=O) groups is 2. The third kappa shape index (κ3) is 4.34. The number of aryl methyl sites for hydroxylation is 2. The molecule has 9 nitrogen and oxygen atoms in total. The largest absolute Gasteiger partial charge is 0.466 e. The van der Waals surface area contributed by atoms with Crippen molar-refractivity contribution in [2.24, 2.45) is 5.92 Å². The van der Waals surface area contributed by atoms with Gasteiger partial charge in [-0.1, -0.05) is 0 Å². The van der Waals surface area contributed by atoms with Gasteiger partial charge in [-0.3, -0.25) is 19.0 Å². The van der Waals surface area contributed by atoms with Gasteiger partial charge in [-0.2, -0.15) is 0 Å². The van der Waals surface area contributed by atoms with Gasteiger partial charge in [0, 0.05) is 33.4 Å². The summed E-state index contributed by atoms with van der Waals surface area (Å²) in [4.78, 5) is 43.9. The highest BCUT2D eigenvalue weighted by Gasteiger charge is 2.32. The van der Waals surface area contributed by atoms with E-state index in [9.17, 15) is 14.4 Å². The Kier molecular flexibility index (Phi) is 6.68. The van der Waals surface area contributed by atoms with Crippen LogP contribution >= 0.6 is 0 Å². The number of piperidine rings is 1. The molecule has 0 aliphatic carbocycles. The first-order valence-electron chi connectivity index (χ1n) is 9.91. The van der Waals surface area contributed by atoms with Crippen LogP contribution in [0.25, 0.3) is 11.1 Å². The molecule has 0 unspecified atom stereocenters. The van der Waals surface area contributed by atoms with Crippen LogP contribution in [0.2, 0.25) is 0 Å². The number of carbonyl (C=O) groups excluding carboxylic acids is 2. The molecule has 0 radical (unpaired) electrons. The van der Waals surface area contributed by atoms with Gasteiger partial charge in [0.2, 0.25) is 5.71 Å². The zero-order chi connectivity index (χ0) is 21.0. The fraction of sp³-hybridized carbons (Fsp3) is 0.600. The van der Waals surface area contributed by atoms with Crippen molar-refractivity contribution in [3.8, 4) is 0 Å². The van der Waals surface area contributed by atoms with E-state index in [0.717, 1.165) is 0 Å². The number of fused-ring (bicyclic) bond motifs is 1. The third-order valence-corrected chi connectivity index (χ3v) is 5.22. The molecule has 1 aliphatic heterocycles. The number of aromatic nitrogens is 2. The number of rotatable bonds is 7. The molecule has 29 heavy (non-hydrogen) atoms. The second-order valence-electron chi connectivity index (χ2n) is 7.12. The molecule has 1 fully saturated rings. The van der Waals surface area contributed by atoms with Crippen LogP contribution in [0, 0.1) is 12.8 Å². The van der Waals surface area contributed by atoms with E-state index in [1.54, 1.807) is 25.9 Å². The second kappa shape index (κ2) is 9.21. The van der Waals surface area contributed by atoms with Crippen molar-refractivity contribution in [3.63, 3.8) is 0 Å². The normalized spacial score (nSPS) is 15.1. The molecule has 0 N–H and O–H groups in total. The average molecular weight is 405 g/mol. The van der Waals surface area contributed by atoms with Crippen molar-refractivity contribution >= 4 is 23.0 Å². The Bertz CT molecular complexity index is 940. The number of hydrogen-bond donors (Lipinski definition) is 0. The van der Waals surface area contributed by atoms with Gasteiger partial charge in [-0.15, -0.1) is 0 Å². The Balaban J connectivity index is 1.83. The fourth-order valence-electron chi connectivity index (χ4n) is 3.67. The Morgan fingerprint density at radius 2 is 2.03 bits per heavy atom.